The van der Waals surface area contributed by atoms with Crippen LogP contribution in [0.2, 0.25) is 0 Å². The molecule has 2 spiro atoms. The normalized spacial score (nSPS) is 35.1. The van der Waals surface area contributed by atoms with Crippen LogP contribution in [0.1, 0.15) is 50.2 Å². The van der Waals surface area contributed by atoms with Gasteiger partial charge < -0.3 is 10.5 Å². The number of aryl methyl sites for hydroxylation is 1. The van der Waals surface area contributed by atoms with Crippen LogP contribution >= 0.6 is 0 Å². The summed E-state index contributed by atoms with van der Waals surface area (Å²) in [6.07, 6.45) is 4.78. The summed E-state index contributed by atoms with van der Waals surface area (Å²) in [6.45, 7) is 4.31. The van der Waals surface area contributed by atoms with Crippen LogP contribution in [0.5, 0.6) is 5.75 Å². The molecule has 1 fully saturated rings. The Morgan fingerprint density at radius 2 is 2.04 bits per heavy atom. The zero-order chi connectivity index (χ0) is 17.1. The van der Waals surface area contributed by atoms with Gasteiger partial charge in [0.1, 0.15) is 11.4 Å². The van der Waals surface area contributed by atoms with Gasteiger partial charge in [-0.15, -0.1) is 0 Å². The van der Waals surface area contributed by atoms with E-state index in [9.17, 15) is 4.79 Å². The Hall–Kier alpha value is -2.04. The van der Waals surface area contributed by atoms with Crippen LogP contribution in [0, 0.1) is 12.8 Å². The third-order valence-corrected chi connectivity index (χ3v) is 5.98. The molecule has 2 N–H and O–H groups in total. The molecule has 1 atom stereocenters. The average molecular weight is 327 g/mol. The summed E-state index contributed by atoms with van der Waals surface area (Å²) < 4.78 is 6.49. The van der Waals surface area contributed by atoms with Crippen LogP contribution in [0.25, 0.3) is 0 Å². The van der Waals surface area contributed by atoms with E-state index in [2.05, 4.69) is 11.9 Å². The number of aliphatic imine (C=N–C) groups is 1. The molecule has 2 aliphatic heterocycles. The minimum Gasteiger partial charge on any atom is -0.487 e. The number of amides is 1. The molecule has 0 saturated heterocycles. The second-order valence-corrected chi connectivity index (χ2v) is 7.84. The highest BCUT2D eigenvalue weighted by molar-refractivity contribution is 6.07. The lowest BCUT2D eigenvalue weighted by Gasteiger charge is -2.47. The molecule has 1 unspecified atom stereocenters. The fourth-order valence-corrected chi connectivity index (χ4v) is 4.44. The highest BCUT2D eigenvalue weighted by atomic mass is 16.5. The molecule has 24 heavy (non-hydrogen) atoms. The molecule has 0 radical (unpaired) electrons. The van der Waals surface area contributed by atoms with Crippen molar-refractivity contribution < 1.29 is 9.53 Å². The molecular weight excluding hydrogens is 302 g/mol. The first-order valence-electron chi connectivity index (χ1n) is 8.79. The molecule has 1 aliphatic carbocycles. The molecule has 1 aromatic carbocycles. The maximum Gasteiger partial charge on any atom is 0.261 e. The molecule has 5 heteroatoms. The Kier molecular flexibility index (Phi) is 3.21. The number of likely N-dealkylation sites (N-methyl/N-ethyl adjacent to an activating group) is 1. The van der Waals surface area contributed by atoms with Crippen LogP contribution < -0.4 is 10.5 Å². The first-order chi connectivity index (χ1) is 11.4. The molecule has 128 valence electrons. The number of nitrogens with zero attached hydrogens (tertiary/aromatic N) is 2. The Balaban J connectivity index is 1.87. The smallest absolute Gasteiger partial charge is 0.261 e. The number of carbonyl (C=O) groups excluding carboxylic acids is 1. The van der Waals surface area contributed by atoms with Crippen molar-refractivity contribution in [2.75, 3.05) is 7.05 Å². The van der Waals surface area contributed by atoms with E-state index in [1.807, 2.05) is 25.1 Å². The zero-order valence-electron chi connectivity index (χ0n) is 14.6. The van der Waals surface area contributed by atoms with Crippen LogP contribution in [0.4, 0.5) is 0 Å². The standard InChI is InChI=1S/C19H25N3O2/c1-12-6-8-18(9-7-12)11-19(16(23)22(3)17(20)21-19)14-10-13(2)4-5-15(14)24-18/h4-5,10,12H,6-9,11H2,1-3H3,(H2,20,21). The lowest BCUT2D eigenvalue weighted by Crippen LogP contribution is -2.53. The number of carbonyl (C=O) groups is 1. The molecular formula is C19H25N3O2. The van der Waals surface area contributed by atoms with Crippen molar-refractivity contribution in [2.24, 2.45) is 16.6 Å². The summed E-state index contributed by atoms with van der Waals surface area (Å²) in [4.78, 5) is 19.3. The first-order valence-corrected chi connectivity index (χ1v) is 8.79. The van der Waals surface area contributed by atoms with Crippen molar-refractivity contribution in [2.45, 2.75) is 57.1 Å². The van der Waals surface area contributed by atoms with E-state index in [-0.39, 0.29) is 11.5 Å². The lowest BCUT2D eigenvalue weighted by molar-refractivity contribution is -0.135. The Morgan fingerprint density at radius 1 is 1.33 bits per heavy atom. The van der Waals surface area contributed by atoms with Crippen LogP contribution in [0.3, 0.4) is 0 Å². The van der Waals surface area contributed by atoms with Crippen molar-refractivity contribution in [1.29, 1.82) is 0 Å². The Labute approximate surface area is 142 Å². The molecule has 4 rings (SSSR count). The number of ether oxygens (including phenoxy) is 1. The van der Waals surface area contributed by atoms with Gasteiger partial charge in [0.2, 0.25) is 0 Å². The van der Waals surface area contributed by atoms with Crippen molar-refractivity contribution >= 4 is 11.9 Å². The predicted octanol–water partition coefficient (Wildman–Crippen LogP) is 2.71. The van der Waals surface area contributed by atoms with Gasteiger partial charge in [0.25, 0.3) is 5.91 Å². The number of hydrogen-bond donors (Lipinski definition) is 1. The summed E-state index contributed by atoms with van der Waals surface area (Å²) in [7, 11) is 1.70. The second-order valence-electron chi connectivity index (χ2n) is 7.84. The lowest BCUT2D eigenvalue weighted by atomic mass is 9.69. The summed E-state index contributed by atoms with van der Waals surface area (Å²) in [5.41, 5.74) is 6.76. The molecule has 1 amide bonds. The van der Waals surface area contributed by atoms with Crippen molar-refractivity contribution in [3.63, 3.8) is 0 Å². The van der Waals surface area contributed by atoms with E-state index in [1.165, 1.54) is 4.90 Å². The van der Waals surface area contributed by atoms with Crippen LogP contribution in [-0.4, -0.2) is 29.4 Å². The van der Waals surface area contributed by atoms with Gasteiger partial charge in [0, 0.05) is 19.0 Å². The van der Waals surface area contributed by atoms with Gasteiger partial charge in [0.15, 0.2) is 11.5 Å². The average Bonchev–Trinajstić information content (AvgIpc) is 2.76. The maximum atomic E-state index is 13.1. The van der Waals surface area contributed by atoms with E-state index in [4.69, 9.17) is 10.5 Å². The topological polar surface area (TPSA) is 67.9 Å². The third-order valence-electron chi connectivity index (χ3n) is 5.98. The van der Waals surface area contributed by atoms with E-state index in [0.29, 0.717) is 18.3 Å². The highest BCUT2D eigenvalue weighted by Crippen LogP contribution is 2.53. The monoisotopic (exact) mass is 327 g/mol. The first kappa shape index (κ1) is 15.5. The van der Waals surface area contributed by atoms with E-state index in [0.717, 1.165) is 42.6 Å². The fraction of sp³-hybridized carbons (Fsp3) is 0.579. The number of guanidine groups is 1. The van der Waals surface area contributed by atoms with Crippen molar-refractivity contribution in [1.82, 2.24) is 4.90 Å². The quantitative estimate of drug-likeness (QED) is 0.796. The maximum absolute atomic E-state index is 13.1. The van der Waals surface area contributed by atoms with Crippen molar-refractivity contribution in [3.05, 3.63) is 29.3 Å². The summed E-state index contributed by atoms with van der Waals surface area (Å²) in [5, 5.41) is 0. The predicted molar refractivity (Wildman–Crippen MR) is 92.9 cm³/mol. The van der Waals surface area contributed by atoms with Gasteiger partial charge in [-0.2, -0.15) is 0 Å². The summed E-state index contributed by atoms with van der Waals surface area (Å²) in [5.74, 6) is 1.77. The van der Waals surface area contributed by atoms with Crippen LogP contribution in [0.15, 0.2) is 23.2 Å². The minimum atomic E-state index is -0.918. The summed E-state index contributed by atoms with van der Waals surface area (Å²) in [6, 6.07) is 6.05. The number of benzene rings is 1. The zero-order valence-corrected chi connectivity index (χ0v) is 14.6. The van der Waals surface area contributed by atoms with Gasteiger partial charge >= 0.3 is 0 Å². The third kappa shape index (κ3) is 2.06. The molecule has 1 saturated carbocycles. The second kappa shape index (κ2) is 4.98. The van der Waals surface area contributed by atoms with Crippen molar-refractivity contribution in [3.8, 4) is 5.75 Å². The van der Waals surface area contributed by atoms with Crippen LogP contribution in [-0.2, 0) is 10.3 Å². The molecule has 3 aliphatic rings. The van der Waals surface area contributed by atoms with Gasteiger partial charge in [-0.3, -0.25) is 9.69 Å². The fourth-order valence-electron chi connectivity index (χ4n) is 4.44. The van der Waals surface area contributed by atoms with Gasteiger partial charge in [-0.05, 0) is 50.7 Å². The highest BCUT2D eigenvalue weighted by Gasteiger charge is 2.58. The minimum absolute atomic E-state index is 0.0341. The van der Waals surface area contributed by atoms with E-state index < -0.39 is 5.54 Å². The largest absolute Gasteiger partial charge is 0.487 e. The Bertz CT molecular complexity index is 734. The molecule has 0 aromatic heterocycles. The Morgan fingerprint density at radius 3 is 2.67 bits per heavy atom. The summed E-state index contributed by atoms with van der Waals surface area (Å²) >= 11 is 0. The molecule has 5 nitrogen and oxygen atoms in total. The molecule has 2 heterocycles. The molecule has 1 aromatic rings. The number of hydrogen-bond acceptors (Lipinski definition) is 4. The number of fused-ring (bicyclic) bond motifs is 2. The van der Waals surface area contributed by atoms with Gasteiger partial charge in [-0.25, -0.2) is 4.99 Å². The van der Waals surface area contributed by atoms with Gasteiger partial charge in [-0.1, -0.05) is 18.6 Å². The van der Waals surface area contributed by atoms with E-state index >= 15 is 0 Å². The van der Waals surface area contributed by atoms with E-state index in [1.54, 1.807) is 7.05 Å². The van der Waals surface area contributed by atoms with Gasteiger partial charge in [0.05, 0.1) is 0 Å². The number of nitrogens with two attached hydrogens (primary N) is 1. The molecule has 0 bridgehead atoms. The SMILES string of the molecule is Cc1ccc2c(c1)C1(CC3(CCC(C)CC3)O2)N=C(N)N(C)C1=O. The number of rotatable bonds is 0.